The standard InChI is InChI=1S/C20H18FNO2/c21-15-7-9-16(10-8-15)22-19(23)17-11-6-14(12-18(17)20(22)24)13-4-2-1-3-5-13/h1-5,7-10,14,17-18H,6,11-12H2/t14-,17-,18-/m1/s1. The molecule has 2 amide bonds. The minimum atomic E-state index is -0.376. The van der Waals surface area contributed by atoms with Crippen LogP contribution in [0.15, 0.2) is 54.6 Å². The Morgan fingerprint density at radius 2 is 1.50 bits per heavy atom. The third kappa shape index (κ3) is 2.42. The molecule has 3 atom stereocenters. The van der Waals surface area contributed by atoms with Crippen molar-refractivity contribution in [1.82, 2.24) is 0 Å². The summed E-state index contributed by atoms with van der Waals surface area (Å²) in [5.74, 6) is -0.832. The molecule has 2 fully saturated rings. The zero-order valence-corrected chi connectivity index (χ0v) is 13.2. The Labute approximate surface area is 140 Å². The van der Waals surface area contributed by atoms with Crippen LogP contribution in [-0.4, -0.2) is 11.8 Å². The largest absolute Gasteiger partial charge is 0.274 e. The third-order valence-electron chi connectivity index (χ3n) is 5.28. The molecule has 1 saturated heterocycles. The van der Waals surface area contributed by atoms with Crippen molar-refractivity contribution >= 4 is 17.5 Å². The molecule has 0 N–H and O–H groups in total. The molecule has 1 heterocycles. The molecule has 122 valence electrons. The molecule has 4 heteroatoms. The fourth-order valence-electron chi connectivity index (χ4n) is 4.05. The molecule has 2 aromatic rings. The molecule has 0 radical (unpaired) electrons. The van der Waals surface area contributed by atoms with Gasteiger partial charge in [-0.2, -0.15) is 0 Å². The highest BCUT2D eigenvalue weighted by Gasteiger charge is 2.50. The van der Waals surface area contributed by atoms with Crippen molar-refractivity contribution < 1.29 is 14.0 Å². The van der Waals surface area contributed by atoms with Gasteiger partial charge < -0.3 is 0 Å². The lowest BCUT2D eigenvalue weighted by Crippen LogP contribution is -2.30. The molecule has 4 rings (SSSR count). The normalized spacial score (nSPS) is 26.5. The molecule has 3 nitrogen and oxygen atoms in total. The zero-order valence-electron chi connectivity index (χ0n) is 13.2. The van der Waals surface area contributed by atoms with Crippen LogP contribution in [0.5, 0.6) is 0 Å². The first kappa shape index (κ1) is 15.1. The average Bonchev–Trinajstić information content (AvgIpc) is 2.87. The van der Waals surface area contributed by atoms with Gasteiger partial charge in [-0.1, -0.05) is 30.3 Å². The van der Waals surface area contributed by atoms with E-state index in [0.29, 0.717) is 18.0 Å². The quantitative estimate of drug-likeness (QED) is 0.786. The van der Waals surface area contributed by atoms with Crippen molar-refractivity contribution in [2.45, 2.75) is 25.2 Å². The molecular formula is C20H18FNO2. The Hall–Kier alpha value is -2.49. The van der Waals surface area contributed by atoms with E-state index in [1.165, 1.54) is 34.7 Å². The topological polar surface area (TPSA) is 37.4 Å². The highest BCUT2D eigenvalue weighted by Crippen LogP contribution is 2.45. The first-order chi connectivity index (χ1) is 11.6. The van der Waals surface area contributed by atoms with E-state index in [-0.39, 0.29) is 29.5 Å². The maximum absolute atomic E-state index is 13.1. The number of anilines is 1. The van der Waals surface area contributed by atoms with E-state index in [2.05, 4.69) is 12.1 Å². The van der Waals surface area contributed by atoms with Gasteiger partial charge in [-0.05, 0) is 55.0 Å². The number of fused-ring (bicyclic) bond motifs is 1. The Bertz CT molecular complexity index is 772. The highest BCUT2D eigenvalue weighted by molar-refractivity contribution is 6.22. The SMILES string of the molecule is O=C1[C@@H]2CC[C@@H](c3ccccc3)C[C@H]2C(=O)N1c1ccc(F)cc1. The summed E-state index contributed by atoms with van der Waals surface area (Å²) < 4.78 is 13.1. The molecule has 2 aromatic carbocycles. The smallest absolute Gasteiger partial charge is 0.237 e. The van der Waals surface area contributed by atoms with Crippen molar-refractivity contribution in [1.29, 1.82) is 0 Å². The number of hydrogen-bond acceptors (Lipinski definition) is 2. The fourth-order valence-corrected chi connectivity index (χ4v) is 4.05. The molecule has 24 heavy (non-hydrogen) atoms. The molecule has 1 aliphatic heterocycles. The molecular weight excluding hydrogens is 305 g/mol. The van der Waals surface area contributed by atoms with Crippen LogP contribution in [0.2, 0.25) is 0 Å². The molecule has 0 unspecified atom stereocenters. The van der Waals surface area contributed by atoms with E-state index in [1.807, 2.05) is 18.2 Å². The van der Waals surface area contributed by atoms with Crippen LogP contribution >= 0.6 is 0 Å². The zero-order chi connectivity index (χ0) is 16.7. The second-order valence-electron chi connectivity index (χ2n) is 6.62. The first-order valence-electron chi connectivity index (χ1n) is 8.33. The van der Waals surface area contributed by atoms with Crippen LogP contribution < -0.4 is 4.90 Å². The molecule has 1 saturated carbocycles. The Kier molecular flexibility index (Phi) is 3.68. The van der Waals surface area contributed by atoms with E-state index in [1.54, 1.807) is 0 Å². The van der Waals surface area contributed by atoms with E-state index in [0.717, 1.165) is 12.8 Å². The van der Waals surface area contributed by atoms with Gasteiger partial charge in [0.1, 0.15) is 5.82 Å². The van der Waals surface area contributed by atoms with E-state index >= 15 is 0 Å². The Morgan fingerprint density at radius 1 is 0.833 bits per heavy atom. The van der Waals surface area contributed by atoms with Gasteiger partial charge in [-0.25, -0.2) is 4.39 Å². The third-order valence-corrected chi connectivity index (χ3v) is 5.28. The number of amides is 2. The van der Waals surface area contributed by atoms with Crippen LogP contribution in [0.25, 0.3) is 0 Å². The lowest BCUT2D eigenvalue weighted by atomic mass is 9.73. The summed E-state index contributed by atoms with van der Waals surface area (Å²) in [7, 11) is 0. The number of benzene rings is 2. The van der Waals surface area contributed by atoms with Crippen LogP contribution in [0.1, 0.15) is 30.7 Å². The Morgan fingerprint density at radius 3 is 2.21 bits per heavy atom. The Balaban J connectivity index is 1.60. The summed E-state index contributed by atoms with van der Waals surface area (Å²) in [6.45, 7) is 0. The van der Waals surface area contributed by atoms with Crippen molar-refractivity contribution in [3.8, 4) is 0 Å². The summed E-state index contributed by atoms with van der Waals surface area (Å²) in [6, 6.07) is 15.7. The highest BCUT2D eigenvalue weighted by atomic mass is 19.1. The summed E-state index contributed by atoms with van der Waals surface area (Å²) >= 11 is 0. The van der Waals surface area contributed by atoms with Gasteiger partial charge in [0.15, 0.2) is 0 Å². The number of nitrogens with zero attached hydrogens (tertiary/aromatic N) is 1. The molecule has 1 aliphatic carbocycles. The van der Waals surface area contributed by atoms with Crippen LogP contribution in [0.3, 0.4) is 0 Å². The van der Waals surface area contributed by atoms with Crippen molar-refractivity contribution in [3.05, 3.63) is 66.0 Å². The average molecular weight is 323 g/mol. The first-order valence-corrected chi connectivity index (χ1v) is 8.33. The molecule has 0 spiro atoms. The van der Waals surface area contributed by atoms with Gasteiger partial charge in [-0.15, -0.1) is 0 Å². The minimum Gasteiger partial charge on any atom is -0.274 e. The number of rotatable bonds is 2. The fraction of sp³-hybridized carbons (Fsp3) is 0.300. The van der Waals surface area contributed by atoms with Gasteiger partial charge in [0, 0.05) is 0 Å². The van der Waals surface area contributed by atoms with Crippen LogP contribution in [0, 0.1) is 17.7 Å². The summed E-state index contributed by atoms with van der Waals surface area (Å²) in [5.41, 5.74) is 1.70. The monoisotopic (exact) mass is 323 g/mol. The van der Waals surface area contributed by atoms with Gasteiger partial charge >= 0.3 is 0 Å². The number of halogens is 1. The minimum absolute atomic E-state index is 0.136. The second kappa shape index (κ2) is 5.86. The predicted octanol–water partition coefficient (Wildman–Crippen LogP) is 3.90. The predicted molar refractivity (Wildman–Crippen MR) is 88.9 cm³/mol. The number of carbonyl (C=O) groups is 2. The van der Waals surface area contributed by atoms with Gasteiger partial charge in [0.25, 0.3) is 0 Å². The number of carbonyl (C=O) groups excluding carboxylic acids is 2. The molecule has 0 aromatic heterocycles. The van der Waals surface area contributed by atoms with Crippen molar-refractivity contribution in [3.63, 3.8) is 0 Å². The maximum Gasteiger partial charge on any atom is 0.237 e. The summed E-state index contributed by atoms with van der Waals surface area (Å²) in [6.07, 6.45) is 2.35. The lowest BCUT2D eigenvalue weighted by Gasteiger charge is -2.28. The van der Waals surface area contributed by atoms with E-state index in [9.17, 15) is 14.0 Å². The van der Waals surface area contributed by atoms with E-state index < -0.39 is 0 Å². The number of hydrogen-bond donors (Lipinski definition) is 0. The molecule has 0 bridgehead atoms. The summed E-state index contributed by atoms with van der Waals surface area (Å²) in [5, 5.41) is 0. The summed E-state index contributed by atoms with van der Waals surface area (Å²) in [4.78, 5) is 26.8. The number of imide groups is 1. The van der Waals surface area contributed by atoms with Gasteiger partial charge in [0.05, 0.1) is 17.5 Å². The maximum atomic E-state index is 13.1. The van der Waals surface area contributed by atoms with Crippen LogP contribution in [0.4, 0.5) is 10.1 Å². The van der Waals surface area contributed by atoms with E-state index in [4.69, 9.17) is 0 Å². The van der Waals surface area contributed by atoms with Crippen molar-refractivity contribution in [2.24, 2.45) is 11.8 Å². The molecule has 2 aliphatic rings. The van der Waals surface area contributed by atoms with Gasteiger partial charge in [0.2, 0.25) is 11.8 Å². The van der Waals surface area contributed by atoms with Gasteiger partial charge in [-0.3, -0.25) is 14.5 Å². The second-order valence-corrected chi connectivity index (χ2v) is 6.62. The van der Waals surface area contributed by atoms with Crippen molar-refractivity contribution in [2.75, 3.05) is 4.90 Å². The lowest BCUT2D eigenvalue weighted by molar-refractivity contribution is -0.122. The van der Waals surface area contributed by atoms with Crippen LogP contribution in [-0.2, 0) is 9.59 Å².